The van der Waals surface area contributed by atoms with Crippen molar-refractivity contribution in [1.82, 2.24) is 9.27 Å². The molecular formula is C20H24N4OS. The van der Waals surface area contributed by atoms with Gasteiger partial charge in [-0.2, -0.15) is 9.64 Å². The number of benzene rings is 1. The van der Waals surface area contributed by atoms with E-state index >= 15 is 0 Å². The van der Waals surface area contributed by atoms with Crippen molar-refractivity contribution in [3.8, 4) is 16.9 Å². The first-order valence-electron chi connectivity index (χ1n) is 8.85. The fourth-order valence-corrected chi connectivity index (χ4v) is 3.29. The Labute approximate surface area is 159 Å². The SMILES string of the molecule is Cc1cc(Oc2snc(C3CC3)c2C#N)c(C)cc1/N=C\N(C)C(C)C. The van der Waals surface area contributed by atoms with E-state index in [0.717, 1.165) is 41.1 Å². The number of ether oxygens (including phenoxy) is 1. The van der Waals surface area contributed by atoms with Crippen LogP contribution in [0.3, 0.4) is 0 Å². The number of aliphatic imine (C=N–C) groups is 1. The summed E-state index contributed by atoms with van der Waals surface area (Å²) in [5, 5.41) is 10.1. The van der Waals surface area contributed by atoms with Gasteiger partial charge in [-0.1, -0.05) is 0 Å². The average Bonchev–Trinajstić information content (AvgIpc) is 3.37. The lowest BCUT2D eigenvalue weighted by Crippen LogP contribution is -2.24. The first-order chi connectivity index (χ1) is 12.4. The Hall–Kier alpha value is -2.39. The third-order valence-electron chi connectivity index (χ3n) is 4.65. The molecule has 0 bridgehead atoms. The van der Waals surface area contributed by atoms with Gasteiger partial charge in [0.05, 0.1) is 17.7 Å². The van der Waals surface area contributed by atoms with Gasteiger partial charge in [-0.05, 0) is 63.8 Å². The number of hydrogen-bond acceptors (Lipinski definition) is 5. The van der Waals surface area contributed by atoms with Crippen molar-refractivity contribution in [2.75, 3.05) is 7.05 Å². The highest BCUT2D eigenvalue weighted by molar-refractivity contribution is 7.08. The van der Waals surface area contributed by atoms with Crippen molar-refractivity contribution in [1.29, 1.82) is 5.26 Å². The zero-order valence-electron chi connectivity index (χ0n) is 15.9. The zero-order chi connectivity index (χ0) is 18.8. The van der Waals surface area contributed by atoms with Gasteiger partial charge < -0.3 is 9.64 Å². The predicted molar refractivity (Wildman–Crippen MR) is 106 cm³/mol. The van der Waals surface area contributed by atoms with Crippen LogP contribution in [0.4, 0.5) is 5.69 Å². The Morgan fingerprint density at radius 1 is 1.35 bits per heavy atom. The molecule has 136 valence electrons. The first-order valence-corrected chi connectivity index (χ1v) is 9.63. The molecule has 1 aliphatic rings. The van der Waals surface area contributed by atoms with Crippen LogP contribution in [-0.4, -0.2) is 28.7 Å². The molecule has 0 radical (unpaired) electrons. The van der Waals surface area contributed by atoms with Crippen LogP contribution >= 0.6 is 11.5 Å². The minimum atomic E-state index is 0.402. The second-order valence-corrected chi connectivity index (χ2v) is 7.86. The molecule has 1 aliphatic carbocycles. The van der Waals surface area contributed by atoms with Crippen molar-refractivity contribution in [3.63, 3.8) is 0 Å². The molecule has 0 spiro atoms. The first kappa shape index (κ1) is 18.4. The molecule has 0 N–H and O–H groups in total. The summed E-state index contributed by atoms with van der Waals surface area (Å²) in [6.07, 6.45) is 4.09. The van der Waals surface area contributed by atoms with E-state index in [9.17, 15) is 5.26 Å². The van der Waals surface area contributed by atoms with Crippen LogP contribution in [0.15, 0.2) is 17.1 Å². The lowest BCUT2D eigenvalue weighted by Gasteiger charge is -2.17. The lowest BCUT2D eigenvalue weighted by atomic mass is 10.1. The number of nitriles is 1. The maximum Gasteiger partial charge on any atom is 0.218 e. The topological polar surface area (TPSA) is 61.5 Å². The highest BCUT2D eigenvalue weighted by Crippen LogP contribution is 2.45. The summed E-state index contributed by atoms with van der Waals surface area (Å²) in [5.74, 6) is 1.19. The molecule has 1 heterocycles. The van der Waals surface area contributed by atoms with Gasteiger partial charge >= 0.3 is 0 Å². The van der Waals surface area contributed by atoms with Gasteiger partial charge in [-0.3, -0.25) is 0 Å². The molecule has 1 saturated carbocycles. The van der Waals surface area contributed by atoms with E-state index in [1.165, 1.54) is 11.5 Å². The minimum absolute atomic E-state index is 0.402. The predicted octanol–water partition coefficient (Wildman–Crippen LogP) is 5.30. The summed E-state index contributed by atoms with van der Waals surface area (Å²) in [7, 11) is 2.01. The summed E-state index contributed by atoms with van der Waals surface area (Å²) in [5.41, 5.74) is 4.44. The highest BCUT2D eigenvalue weighted by atomic mass is 32.1. The Morgan fingerprint density at radius 2 is 2.08 bits per heavy atom. The number of rotatable bonds is 6. The maximum atomic E-state index is 9.49. The molecule has 1 aromatic carbocycles. The number of aryl methyl sites for hydroxylation is 2. The summed E-state index contributed by atoms with van der Waals surface area (Å²) in [6.45, 7) is 8.26. The van der Waals surface area contributed by atoms with Crippen LogP contribution in [0.5, 0.6) is 10.8 Å². The number of hydrogen-bond donors (Lipinski definition) is 0. The van der Waals surface area contributed by atoms with E-state index < -0.39 is 0 Å². The van der Waals surface area contributed by atoms with Gasteiger partial charge in [-0.15, -0.1) is 0 Å². The van der Waals surface area contributed by atoms with Gasteiger partial charge in [0.25, 0.3) is 0 Å². The summed E-state index contributed by atoms with van der Waals surface area (Å²) in [6, 6.07) is 6.67. The second kappa shape index (κ2) is 7.46. The van der Waals surface area contributed by atoms with E-state index in [0.29, 0.717) is 22.6 Å². The van der Waals surface area contributed by atoms with Gasteiger partial charge in [-0.25, -0.2) is 4.99 Å². The fraction of sp³-hybridized carbons (Fsp3) is 0.450. The van der Waals surface area contributed by atoms with Crippen molar-refractivity contribution in [3.05, 3.63) is 34.5 Å². The minimum Gasteiger partial charge on any atom is -0.443 e. The Morgan fingerprint density at radius 3 is 2.69 bits per heavy atom. The van der Waals surface area contributed by atoms with Crippen LogP contribution in [0.2, 0.25) is 0 Å². The van der Waals surface area contributed by atoms with E-state index in [4.69, 9.17) is 4.74 Å². The molecule has 0 unspecified atom stereocenters. The summed E-state index contributed by atoms with van der Waals surface area (Å²) >= 11 is 1.27. The van der Waals surface area contributed by atoms with Crippen LogP contribution in [-0.2, 0) is 0 Å². The molecule has 2 aromatic rings. The highest BCUT2D eigenvalue weighted by Gasteiger charge is 2.31. The average molecular weight is 369 g/mol. The van der Waals surface area contributed by atoms with E-state index in [1.807, 2.05) is 39.4 Å². The number of nitrogens with zero attached hydrogens (tertiary/aromatic N) is 4. The molecule has 1 fully saturated rings. The van der Waals surface area contributed by atoms with Crippen LogP contribution < -0.4 is 4.74 Å². The second-order valence-electron chi connectivity index (χ2n) is 7.13. The summed E-state index contributed by atoms with van der Waals surface area (Å²) in [4.78, 5) is 6.65. The van der Waals surface area contributed by atoms with E-state index in [1.54, 1.807) is 0 Å². The molecule has 6 heteroatoms. The molecule has 0 atom stereocenters. The Bertz CT molecular complexity index is 875. The normalized spacial score (nSPS) is 14.0. The van der Waals surface area contributed by atoms with Gasteiger partial charge in [0, 0.05) is 30.5 Å². The molecule has 3 rings (SSSR count). The fourth-order valence-electron chi connectivity index (χ4n) is 2.50. The Balaban J connectivity index is 1.84. The van der Waals surface area contributed by atoms with Crippen molar-refractivity contribution in [2.45, 2.75) is 52.5 Å². The third kappa shape index (κ3) is 3.88. The molecule has 0 amide bonds. The van der Waals surface area contributed by atoms with Crippen molar-refractivity contribution >= 4 is 23.6 Å². The summed E-state index contributed by atoms with van der Waals surface area (Å²) < 4.78 is 10.5. The molecule has 26 heavy (non-hydrogen) atoms. The van der Waals surface area contributed by atoms with Crippen molar-refractivity contribution in [2.24, 2.45) is 4.99 Å². The molecule has 1 aromatic heterocycles. The van der Waals surface area contributed by atoms with Crippen LogP contribution in [0.1, 0.15) is 55.0 Å². The molecular weight excluding hydrogens is 344 g/mol. The largest absolute Gasteiger partial charge is 0.443 e. The van der Waals surface area contributed by atoms with Crippen LogP contribution in [0, 0.1) is 25.2 Å². The monoisotopic (exact) mass is 368 g/mol. The molecule has 5 nitrogen and oxygen atoms in total. The zero-order valence-corrected chi connectivity index (χ0v) is 16.7. The van der Waals surface area contributed by atoms with Gasteiger partial charge in [0.15, 0.2) is 0 Å². The van der Waals surface area contributed by atoms with E-state index in [-0.39, 0.29) is 0 Å². The van der Waals surface area contributed by atoms with Gasteiger partial charge in [0.1, 0.15) is 17.4 Å². The quantitative estimate of drug-likeness (QED) is 0.512. The molecule has 0 aliphatic heterocycles. The smallest absolute Gasteiger partial charge is 0.218 e. The van der Waals surface area contributed by atoms with Gasteiger partial charge in [0.2, 0.25) is 5.06 Å². The Kier molecular flexibility index (Phi) is 5.28. The van der Waals surface area contributed by atoms with E-state index in [2.05, 4.69) is 34.2 Å². The van der Waals surface area contributed by atoms with Crippen LogP contribution in [0.25, 0.3) is 0 Å². The molecule has 0 saturated heterocycles. The third-order valence-corrected chi connectivity index (χ3v) is 5.39. The number of aromatic nitrogens is 1. The standard InChI is InChI=1S/C20H24N4OS/c1-12(2)24(5)11-22-17-8-14(4)18(9-13(17)3)25-20-16(10-21)19(23-26-20)15-6-7-15/h8-9,11-12,15H,6-7H2,1-5H3/b22-11-. The lowest BCUT2D eigenvalue weighted by molar-refractivity contribution is 0.429. The maximum absolute atomic E-state index is 9.49. The van der Waals surface area contributed by atoms with Crippen molar-refractivity contribution < 1.29 is 4.74 Å².